The Morgan fingerprint density at radius 3 is 2.60 bits per heavy atom. The highest BCUT2D eigenvalue weighted by molar-refractivity contribution is 7.92. The zero-order valence-corrected chi connectivity index (χ0v) is 15.3. The van der Waals surface area contributed by atoms with Crippen molar-refractivity contribution in [1.29, 1.82) is 0 Å². The first-order chi connectivity index (χ1) is 12.1. The van der Waals surface area contributed by atoms with Crippen molar-refractivity contribution in [3.63, 3.8) is 0 Å². The first kappa shape index (κ1) is 17.9. The van der Waals surface area contributed by atoms with Crippen LogP contribution in [0.3, 0.4) is 0 Å². The molecule has 0 atom stereocenters. The Hall–Kier alpha value is -1.95. The number of pyridine rings is 2. The van der Waals surface area contributed by atoms with Crippen LogP contribution in [0.4, 0.5) is 0 Å². The standard InChI is InChI=1S/C19H24N2O3S/c1-24-16-13-15(21-19(14-16)18-9-5-6-11-20-18)10-12-25(22,23)17-7-3-2-4-8-17/h5-6,9,11,13-14,17H,2-4,7-8,10,12H2,1H3. The Labute approximate surface area is 149 Å². The molecule has 2 heterocycles. The monoisotopic (exact) mass is 360 g/mol. The van der Waals surface area contributed by atoms with Crippen LogP contribution in [0, 0.1) is 0 Å². The summed E-state index contributed by atoms with van der Waals surface area (Å²) in [5, 5.41) is -0.179. The van der Waals surface area contributed by atoms with E-state index in [4.69, 9.17) is 4.74 Å². The topological polar surface area (TPSA) is 69.2 Å². The summed E-state index contributed by atoms with van der Waals surface area (Å²) < 4.78 is 30.5. The summed E-state index contributed by atoms with van der Waals surface area (Å²) in [6.07, 6.45) is 6.90. The normalized spacial score (nSPS) is 15.9. The molecule has 1 fully saturated rings. The molecule has 3 rings (SSSR count). The maximum absolute atomic E-state index is 12.6. The van der Waals surface area contributed by atoms with E-state index in [2.05, 4.69) is 9.97 Å². The van der Waals surface area contributed by atoms with Crippen LogP contribution < -0.4 is 4.74 Å². The van der Waals surface area contributed by atoms with Gasteiger partial charge in [0.15, 0.2) is 9.84 Å². The number of hydrogen-bond acceptors (Lipinski definition) is 5. The van der Waals surface area contributed by atoms with Crippen LogP contribution in [0.1, 0.15) is 37.8 Å². The van der Waals surface area contributed by atoms with E-state index in [-0.39, 0.29) is 11.0 Å². The molecule has 0 unspecified atom stereocenters. The van der Waals surface area contributed by atoms with Crippen LogP contribution in [-0.4, -0.2) is 36.5 Å². The molecule has 0 radical (unpaired) electrons. The van der Waals surface area contributed by atoms with Crippen molar-refractivity contribution >= 4 is 9.84 Å². The second kappa shape index (κ2) is 7.95. The average Bonchev–Trinajstić information content (AvgIpc) is 2.67. The molecule has 6 heteroatoms. The van der Waals surface area contributed by atoms with Crippen LogP contribution in [0.5, 0.6) is 5.75 Å². The number of nitrogens with zero attached hydrogens (tertiary/aromatic N) is 2. The molecule has 0 amide bonds. The Balaban J connectivity index is 1.78. The molecule has 1 aliphatic carbocycles. The second-order valence-corrected chi connectivity index (χ2v) is 8.88. The first-order valence-corrected chi connectivity index (χ1v) is 10.5. The molecule has 1 aliphatic rings. The van der Waals surface area contributed by atoms with Gasteiger partial charge >= 0.3 is 0 Å². The molecule has 5 nitrogen and oxygen atoms in total. The maximum Gasteiger partial charge on any atom is 0.153 e. The number of rotatable bonds is 6. The third-order valence-electron chi connectivity index (χ3n) is 4.72. The van der Waals surface area contributed by atoms with Gasteiger partial charge in [0.25, 0.3) is 0 Å². The van der Waals surface area contributed by atoms with Gasteiger partial charge in [-0.25, -0.2) is 8.42 Å². The molecule has 2 aromatic heterocycles. The summed E-state index contributed by atoms with van der Waals surface area (Å²) in [6.45, 7) is 0. The summed E-state index contributed by atoms with van der Waals surface area (Å²) in [5.74, 6) is 0.806. The van der Waals surface area contributed by atoms with Gasteiger partial charge in [-0.05, 0) is 25.0 Å². The summed E-state index contributed by atoms with van der Waals surface area (Å²) >= 11 is 0. The molecule has 0 N–H and O–H groups in total. The van der Waals surface area contributed by atoms with E-state index in [0.29, 0.717) is 17.9 Å². The SMILES string of the molecule is COc1cc(CCS(=O)(=O)C2CCCCC2)nc(-c2ccccn2)c1. The van der Waals surface area contributed by atoms with E-state index in [1.807, 2.05) is 30.3 Å². The number of ether oxygens (including phenoxy) is 1. The van der Waals surface area contributed by atoms with Crippen LogP contribution >= 0.6 is 0 Å². The lowest BCUT2D eigenvalue weighted by atomic mass is 10.0. The number of aromatic nitrogens is 2. The third kappa shape index (κ3) is 4.57. The van der Waals surface area contributed by atoms with Crippen molar-refractivity contribution in [1.82, 2.24) is 9.97 Å². The minimum absolute atomic E-state index is 0.138. The van der Waals surface area contributed by atoms with Gasteiger partial charge in [-0.2, -0.15) is 0 Å². The van der Waals surface area contributed by atoms with E-state index < -0.39 is 9.84 Å². The highest BCUT2D eigenvalue weighted by atomic mass is 32.2. The van der Waals surface area contributed by atoms with Crippen LogP contribution in [0.15, 0.2) is 36.5 Å². The van der Waals surface area contributed by atoms with Crippen LogP contribution in [-0.2, 0) is 16.3 Å². The zero-order chi connectivity index (χ0) is 17.7. The highest BCUT2D eigenvalue weighted by Gasteiger charge is 2.27. The van der Waals surface area contributed by atoms with Gasteiger partial charge in [0, 0.05) is 30.4 Å². The second-order valence-electron chi connectivity index (χ2n) is 6.48. The minimum Gasteiger partial charge on any atom is -0.497 e. The van der Waals surface area contributed by atoms with E-state index in [0.717, 1.165) is 43.5 Å². The summed E-state index contributed by atoms with van der Waals surface area (Å²) in [6, 6.07) is 9.26. The maximum atomic E-state index is 12.6. The predicted molar refractivity (Wildman–Crippen MR) is 98.4 cm³/mol. The fraction of sp³-hybridized carbons (Fsp3) is 0.474. The fourth-order valence-electron chi connectivity index (χ4n) is 3.29. The van der Waals surface area contributed by atoms with Crippen molar-refractivity contribution in [2.24, 2.45) is 0 Å². The van der Waals surface area contributed by atoms with Gasteiger partial charge in [-0.3, -0.25) is 9.97 Å². The lowest BCUT2D eigenvalue weighted by Gasteiger charge is -2.21. The molecule has 25 heavy (non-hydrogen) atoms. The minimum atomic E-state index is -3.08. The number of hydrogen-bond donors (Lipinski definition) is 0. The van der Waals surface area contributed by atoms with Crippen LogP contribution in [0.2, 0.25) is 0 Å². The Morgan fingerprint density at radius 1 is 1.12 bits per heavy atom. The van der Waals surface area contributed by atoms with Crippen molar-refractivity contribution in [3.05, 3.63) is 42.2 Å². The van der Waals surface area contributed by atoms with Crippen LogP contribution in [0.25, 0.3) is 11.4 Å². The van der Waals surface area contributed by atoms with Gasteiger partial charge in [-0.15, -0.1) is 0 Å². The van der Waals surface area contributed by atoms with Gasteiger partial charge in [0.1, 0.15) is 5.75 Å². The Bertz CT molecular complexity index is 801. The average molecular weight is 360 g/mol. The quantitative estimate of drug-likeness (QED) is 0.789. The Kier molecular flexibility index (Phi) is 5.68. The van der Waals surface area contributed by atoms with Crippen molar-refractivity contribution in [2.75, 3.05) is 12.9 Å². The largest absolute Gasteiger partial charge is 0.497 e. The Morgan fingerprint density at radius 2 is 1.92 bits per heavy atom. The highest BCUT2D eigenvalue weighted by Crippen LogP contribution is 2.26. The molecule has 0 aromatic carbocycles. The van der Waals surface area contributed by atoms with Crippen molar-refractivity contribution < 1.29 is 13.2 Å². The smallest absolute Gasteiger partial charge is 0.153 e. The van der Waals surface area contributed by atoms with Gasteiger partial charge < -0.3 is 4.74 Å². The molecule has 0 aliphatic heterocycles. The van der Waals surface area contributed by atoms with Gasteiger partial charge in [0.2, 0.25) is 0 Å². The molecule has 134 valence electrons. The van der Waals surface area contributed by atoms with E-state index in [9.17, 15) is 8.42 Å². The number of methoxy groups -OCH3 is 1. The summed E-state index contributed by atoms with van der Waals surface area (Å²) in [4.78, 5) is 8.90. The van der Waals surface area contributed by atoms with Crippen molar-refractivity contribution in [3.8, 4) is 17.1 Å². The fourth-order valence-corrected chi connectivity index (χ4v) is 5.17. The molecule has 1 saturated carbocycles. The van der Waals surface area contributed by atoms with E-state index in [1.165, 1.54) is 0 Å². The molecular formula is C19H24N2O3S. The van der Waals surface area contributed by atoms with Gasteiger partial charge in [0.05, 0.1) is 29.5 Å². The van der Waals surface area contributed by atoms with E-state index >= 15 is 0 Å². The predicted octanol–water partition coefficient (Wildman–Crippen LogP) is 3.44. The zero-order valence-electron chi connectivity index (χ0n) is 14.5. The number of sulfone groups is 1. The molecule has 0 bridgehead atoms. The third-order valence-corrected chi connectivity index (χ3v) is 6.98. The first-order valence-electron chi connectivity index (χ1n) is 8.76. The molecule has 0 saturated heterocycles. The molecular weight excluding hydrogens is 336 g/mol. The van der Waals surface area contributed by atoms with Gasteiger partial charge in [-0.1, -0.05) is 25.3 Å². The molecule has 0 spiro atoms. The summed E-state index contributed by atoms with van der Waals surface area (Å²) in [7, 11) is -1.48. The lowest BCUT2D eigenvalue weighted by molar-refractivity contribution is 0.414. The van der Waals surface area contributed by atoms with E-state index in [1.54, 1.807) is 13.3 Å². The summed E-state index contributed by atoms with van der Waals surface area (Å²) in [5.41, 5.74) is 2.17. The molecule has 2 aromatic rings. The lowest BCUT2D eigenvalue weighted by Crippen LogP contribution is -2.27. The number of aryl methyl sites for hydroxylation is 1. The van der Waals surface area contributed by atoms with Crippen molar-refractivity contribution in [2.45, 2.75) is 43.8 Å².